The van der Waals surface area contributed by atoms with E-state index in [1.54, 1.807) is 6.92 Å². The van der Waals surface area contributed by atoms with E-state index in [0.717, 1.165) is 12.8 Å². The number of thiol groups is 1. The molecule has 0 aromatic rings. The molecule has 0 spiro atoms. The van der Waals surface area contributed by atoms with Gasteiger partial charge in [-0.1, -0.05) is 6.92 Å². The van der Waals surface area contributed by atoms with Crippen molar-refractivity contribution in [2.75, 3.05) is 12.3 Å². The molecule has 1 rings (SSSR count). The van der Waals surface area contributed by atoms with Gasteiger partial charge in [0.2, 0.25) is 5.91 Å². The van der Waals surface area contributed by atoms with Crippen molar-refractivity contribution in [3.05, 3.63) is 0 Å². The average Bonchev–Trinajstić information content (AvgIpc) is 2.94. The van der Waals surface area contributed by atoms with Gasteiger partial charge < -0.3 is 10.0 Å². The van der Waals surface area contributed by atoms with E-state index < -0.39 is 5.97 Å². The Morgan fingerprint density at radius 1 is 1.57 bits per heavy atom. The van der Waals surface area contributed by atoms with E-state index in [-0.39, 0.29) is 24.4 Å². The van der Waals surface area contributed by atoms with Gasteiger partial charge >= 0.3 is 5.97 Å². The van der Waals surface area contributed by atoms with Crippen LogP contribution in [-0.2, 0) is 9.59 Å². The molecule has 0 radical (unpaired) electrons. The molecule has 0 bridgehead atoms. The molecule has 1 aliphatic carbocycles. The average molecular weight is 217 g/mol. The molecule has 0 heterocycles. The number of aliphatic carboxylic acids is 1. The lowest BCUT2D eigenvalue weighted by molar-refractivity contribution is -0.146. The third-order valence-corrected chi connectivity index (χ3v) is 2.82. The van der Waals surface area contributed by atoms with Crippen molar-refractivity contribution in [2.45, 2.75) is 25.8 Å². The van der Waals surface area contributed by atoms with Gasteiger partial charge in [0.05, 0.1) is 0 Å². The van der Waals surface area contributed by atoms with Gasteiger partial charge in [0, 0.05) is 17.7 Å². The van der Waals surface area contributed by atoms with Crippen molar-refractivity contribution < 1.29 is 14.7 Å². The maximum atomic E-state index is 11.7. The van der Waals surface area contributed by atoms with Crippen LogP contribution in [0.15, 0.2) is 0 Å². The van der Waals surface area contributed by atoms with Crippen LogP contribution in [-0.4, -0.2) is 40.2 Å². The molecular formula is C9H15NO3S. The Labute approximate surface area is 88.7 Å². The van der Waals surface area contributed by atoms with Crippen molar-refractivity contribution in [3.63, 3.8) is 0 Å². The zero-order valence-electron chi connectivity index (χ0n) is 8.14. The Balaban J connectivity index is 2.57. The minimum absolute atomic E-state index is 0.0927. The molecule has 4 nitrogen and oxygen atoms in total. The highest BCUT2D eigenvalue weighted by Gasteiger charge is 2.35. The van der Waals surface area contributed by atoms with Crippen molar-refractivity contribution in [3.8, 4) is 0 Å². The standard InChI is InChI=1S/C9H15NO3S/c1-6(5-14)9(13)10(4-8(11)12)7-2-3-7/h6-7,14H,2-5H2,1H3,(H,11,12)/t6-/m0/s1. The third-order valence-electron chi connectivity index (χ3n) is 2.27. The van der Waals surface area contributed by atoms with Gasteiger partial charge in [-0.25, -0.2) is 0 Å². The van der Waals surface area contributed by atoms with E-state index in [4.69, 9.17) is 5.11 Å². The monoisotopic (exact) mass is 217 g/mol. The first kappa shape index (κ1) is 11.4. The fourth-order valence-corrected chi connectivity index (χ4v) is 1.44. The topological polar surface area (TPSA) is 57.6 Å². The van der Waals surface area contributed by atoms with E-state index in [0.29, 0.717) is 5.75 Å². The normalized spacial score (nSPS) is 17.6. The lowest BCUT2D eigenvalue weighted by Gasteiger charge is -2.23. The van der Waals surface area contributed by atoms with Crippen LogP contribution < -0.4 is 0 Å². The molecule has 14 heavy (non-hydrogen) atoms. The van der Waals surface area contributed by atoms with E-state index in [1.165, 1.54) is 4.90 Å². The molecule has 1 atom stereocenters. The summed E-state index contributed by atoms with van der Waals surface area (Å²) in [5, 5.41) is 8.65. The van der Waals surface area contributed by atoms with Crippen LogP contribution in [0, 0.1) is 5.92 Å². The van der Waals surface area contributed by atoms with Crippen molar-refractivity contribution in [1.29, 1.82) is 0 Å². The van der Waals surface area contributed by atoms with Gasteiger partial charge in [-0.05, 0) is 12.8 Å². The van der Waals surface area contributed by atoms with Gasteiger partial charge in [0.15, 0.2) is 0 Å². The number of hydrogen-bond acceptors (Lipinski definition) is 3. The minimum atomic E-state index is -0.948. The summed E-state index contributed by atoms with van der Waals surface area (Å²) in [6.45, 7) is 1.59. The molecule has 0 aromatic carbocycles. The van der Waals surface area contributed by atoms with E-state index in [1.807, 2.05) is 0 Å². The molecule has 1 saturated carbocycles. The second kappa shape index (κ2) is 4.68. The number of rotatable bonds is 5. The number of hydrogen-bond donors (Lipinski definition) is 2. The molecule has 0 unspecified atom stereocenters. The zero-order valence-corrected chi connectivity index (χ0v) is 9.04. The van der Waals surface area contributed by atoms with Crippen LogP contribution in [0.1, 0.15) is 19.8 Å². The number of carboxylic acid groups (broad SMARTS) is 1. The smallest absolute Gasteiger partial charge is 0.323 e. The molecule has 80 valence electrons. The predicted octanol–water partition coefficient (Wildman–Crippen LogP) is 0.628. The molecule has 0 aliphatic heterocycles. The Bertz CT molecular complexity index is 240. The van der Waals surface area contributed by atoms with E-state index in [9.17, 15) is 9.59 Å². The summed E-state index contributed by atoms with van der Waals surface area (Å²) in [6.07, 6.45) is 1.86. The summed E-state index contributed by atoms with van der Waals surface area (Å²) in [4.78, 5) is 23.7. The van der Waals surface area contributed by atoms with Gasteiger partial charge in [0.1, 0.15) is 6.54 Å². The van der Waals surface area contributed by atoms with Crippen molar-refractivity contribution in [2.24, 2.45) is 5.92 Å². The minimum Gasteiger partial charge on any atom is -0.480 e. The van der Waals surface area contributed by atoms with Crippen LogP contribution in [0.5, 0.6) is 0 Å². The highest BCUT2D eigenvalue weighted by molar-refractivity contribution is 7.80. The van der Waals surface area contributed by atoms with Crippen LogP contribution in [0.2, 0.25) is 0 Å². The summed E-state index contributed by atoms with van der Waals surface area (Å²) in [5.41, 5.74) is 0. The maximum absolute atomic E-state index is 11.7. The van der Waals surface area contributed by atoms with Crippen LogP contribution >= 0.6 is 12.6 Å². The van der Waals surface area contributed by atoms with Crippen molar-refractivity contribution >= 4 is 24.5 Å². The van der Waals surface area contributed by atoms with E-state index >= 15 is 0 Å². The number of nitrogens with zero attached hydrogens (tertiary/aromatic N) is 1. The number of carbonyl (C=O) groups excluding carboxylic acids is 1. The molecule has 1 fully saturated rings. The molecule has 1 aliphatic rings. The lowest BCUT2D eigenvalue weighted by atomic mass is 10.2. The Morgan fingerprint density at radius 3 is 2.50 bits per heavy atom. The summed E-state index contributed by atoms with van der Waals surface area (Å²) in [6, 6.07) is 0.154. The van der Waals surface area contributed by atoms with E-state index in [2.05, 4.69) is 12.6 Å². The van der Waals surface area contributed by atoms with Gasteiger partial charge in [-0.15, -0.1) is 0 Å². The Hall–Kier alpha value is -0.710. The van der Waals surface area contributed by atoms with Gasteiger partial charge in [-0.2, -0.15) is 12.6 Å². The van der Waals surface area contributed by atoms with Gasteiger partial charge in [-0.3, -0.25) is 9.59 Å². The molecule has 5 heteroatoms. The first-order chi connectivity index (χ1) is 6.56. The summed E-state index contributed by atoms with van der Waals surface area (Å²) >= 11 is 4.03. The van der Waals surface area contributed by atoms with Crippen LogP contribution in [0.4, 0.5) is 0 Å². The highest BCUT2D eigenvalue weighted by atomic mass is 32.1. The number of carboxylic acids is 1. The number of carbonyl (C=O) groups is 2. The first-order valence-corrected chi connectivity index (χ1v) is 5.32. The second-order valence-electron chi connectivity index (χ2n) is 3.67. The fraction of sp³-hybridized carbons (Fsp3) is 0.778. The third kappa shape index (κ3) is 2.90. The van der Waals surface area contributed by atoms with Crippen LogP contribution in [0.3, 0.4) is 0 Å². The number of amides is 1. The zero-order chi connectivity index (χ0) is 10.7. The SMILES string of the molecule is C[C@@H](CS)C(=O)N(CC(=O)O)C1CC1. The summed E-state index contributed by atoms with van der Waals surface area (Å²) < 4.78 is 0. The highest BCUT2D eigenvalue weighted by Crippen LogP contribution is 2.27. The quantitative estimate of drug-likeness (QED) is 0.664. The summed E-state index contributed by atoms with van der Waals surface area (Å²) in [7, 11) is 0. The second-order valence-corrected chi connectivity index (χ2v) is 4.04. The molecule has 1 N–H and O–H groups in total. The summed E-state index contributed by atoms with van der Waals surface area (Å²) in [5.74, 6) is -0.776. The largest absolute Gasteiger partial charge is 0.480 e. The molecule has 0 saturated heterocycles. The van der Waals surface area contributed by atoms with Gasteiger partial charge in [0.25, 0.3) is 0 Å². The predicted molar refractivity (Wildman–Crippen MR) is 55.4 cm³/mol. The Morgan fingerprint density at radius 2 is 2.14 bits per heavy atom. The fourth-order valence-electron chi connectivity index (χ4n) is 1.28. The molecular weight excluding hydrogens is 202 g/mol. The molecule has 0 aromatic heterocycles. The first-order valence-electron chi connectivity index (χ1n) is 4.69. The van der Waals surface area contributed by atoms with Crippen molar-refractivity contribution in [1.82, 2.24) is 4.90 Å². The lowest BCUT2D eigenvalue weighted by Crippen LogP contribution is -2.40. The molecule has 1 amide bonds. The Kier molecular flexibility index (Phi) is 3.80. The maximum Gasteiger partial charge on any atom is 0.323 e. The van der Waals surface area contributed by atoms with Crippen LogP contribution in [0.25, 0.3) is 0 Å².